The Kier molecular flexibility index (Phi) is 6.61. The number of nitrogens with zero attached hydrogens (tertiary/aromatic N) is 2. The molecule has 1 unspecified atom stereocenters. The number of carbonyl (C=O) groups excluding carboxylic acids is 3. The average molecular weight is 461 g/mol. The third-order valence-electron chi connectivity index (χ3n) is 5.85. The van der Waals surface area contributed by atoms with Crippen molar-refractivity contribution in [3.8, 4) is 0 Å². The van der Waals surface area contributed by atoms with Crippen molar-refractivity contribution in [1.82, 2.24) is 4.90 Å². The lowest BCUT2D eigenvalue weighted by atomic mass is 10.1. The molecule has 1 aliphatic heterocycles. The van der Waals surface area contributed by atoms with Gasteiger partial charge in [0.25, 0.3) is 5.91 Å². The van der Waals surface area contributed by atoms with Crippen LogP contribution < -0.4 is 4.90 Å². The van der Waals surface area contributed by atoms with E-state index in [1.165, 1.54) is 9.80 Å². The van der Waals surface area contributed by atoms with E-state index in [1.807, 2.05) is 50.2 Å². The summed E-state index contributed by atoms with van der Waals surface area (Å²) in [4.78, 5) is 42.4. The van der Waals surface area contributed by atoms with Crippen LogP contribution in [0.1, 0.15) is 28.7 Å². The predicted molar refractivity (Wildman–Crippen MR) is 129 cm³/mol. The second kappa shape index (κ2) is 9.59. The number of halogens is 1. The number of anilines is 1. The Labute approximate surface area is 198 Å². The molecule has 1 saturated heterocycles. The summed E-state index contributed by atoms with van der Waals surface area (Å²) in [5.41, 5.74) is 4.37. The minimum atomic E-state index is -0.847. The standard InChI is InChI=1S/C27H25ClN2O3/c1-18-3-7-21(8-4-18)17-29(25(31)15-20-9-11-22(28)12-10-20)24-16-26(32)30(27(24)33)23-13-5-19(2)6-14-23/h3-14,24H,15-17H2,1-2H3. The summed E-state index contributed by atoms with van der Waals surface area (Å²) in [6.45, 7) is 4.18. The van der Waals surface area contributed by atoms with Gasteiger partial charge in [0.15, 0.2) is 0 Å². The number of rotatable bonds is 6. The van der Waals surface area contributed by atoms with Gasteiger partial charge in [0.1, 0.15) is 6.04 Å². The van der Waals surface area contributed by atoms with E-state index in [9.17, 15) is 14.4 Å². The van der Waals surface area contributed by atoms with Crippen molar-refractivity contribution in [3.63, 3.8) is 0 Å². The number of carbonyl (C=O) groups is 3. The first-order valence-corrected chi connectivity index (χ1v) is 11.2. The van der Waals surface area contributed by atoms with Gasteiger partial charge in [-0.1, -0.05) is 71.3 Å². The monoisotopic (exact) mass is 460 g/mol. The maximum atomic E-state index is 13.4. The van der Waals surface area contributed by atoms with Crippen molar-refractivity contribution < 1.29 is 14.4 Å². The van der Waals surface area contributed by atoms with Crippen molar-refractivity contribution in [2.75, 3.05) is 4.90 Å². The van der Waals surface area contributed by atoms with Gasteiger partial charge in [0.05, 0.1) is 18.5 Å². The van der Waals surface area contributed by atoms with E-state index in [-0.39, 0.29) is 37.1 Å². The molecule has 0 N–H and O–H groups in total. The molecule has 33 heavy (non-hydrogen) atoms. The SMILES string of the molecule is Cc1ccc(CN(C(=O)Cc2ccc(Cl)cc2)C2CC(=O)N(c3ccc(C)cc3)C2=O)cc1. The molecule has 1 atom stereocenters. The van der Waals surface area contributed by atoms with E-state index in [1.54, 1.807) is 36.4 Å². The summed E-state index contributed by atoms with van der Waals surface area (Å²) in [6.07, 6.45) is 0.0798. The molecule has 5 nitrogen and oxygen atoms in total. The van der Waals surface area contributed by atoms with Crippen LogP contribution in [0, 0.1) is 13.8 Å². The van der Waals surface area contributed by atoms with Gasteiger partial charge in [0, 0.05) is 11.6 Å². The number of imide groups is 1. The summed E-state index contributed by atoms with van der Waals surface area (Å²) in [7, 11) is 0. The molecule has 3 aromatic rings. The van der Waals surface area contributed by atoms with Crippen LogP contribution in [-0.2, 0) is 27.3 Å². The molecule has 3 amide bonds. The molecule has 4 rings (SSSR count). The van der Waals surface area contributed by atoms with Gasteiger partial charge >= 0.3 is 0 Å². The molecule has 0 spiro atoms. The highest BCUT2D eigenvalue weighted by Crippen LogP contribution is 2.28. The molecule has 0 saturated carbocycles. The summed E-state index contributed by atoms with van der Waals surface area (Å²) in [6, 6.07) is 21.3. The smallest absolute Gasteiger partial charge is 0.257 e. The van der Waals surface area contributed by atoms with Crippen LogP contribution in [0.5, 0.6) is 0 Å². The second-order valence-corrected chi connectivity index (χ2v) is 8.87. The van der Waals surface area contributed by atoms with Gasteiger partial charge in [-0.2, -0.15) is 0 Å². The highest BCUT2D eigenvalue weighted by molar-refractivity contribution is 6.30. The van der Waals surface area contributed by atoms with E-state index < -0.39 is 6.04 Å². The van der Waals surface area contributed by atoms with Crippen molar-refractivity contribution in [1.29, 1.82) is 0 Å². The van der Waals surface area contributed by atoms with Gasteiger partial charge in [-0.3, -0.25) is 14.4 Å². The minimum absolute atomic E-state index is 0.0368. The molecule has 1 fully saturated rings. The highest BCUT2D eigenvalue weighted by Gasteiger charge is 2.44. The van der Waals surface area contributed by atoms with E-state index in [0.29, 0.717) is 10.7 Å². The van der Waals surface area contributed by atoms with Gasteiger partial charge in [-0.15, -0.1) is 0 Å². The number of aryl methyl sites for hydroxylation is 2. The molecule has 1 aliphatic rings. The van der Waals surface area contributed by atoms with Gasteiger partial charge in [-0.25, -0.2) is 4.90 Å². The molecule has 0 radical (unpaired) electrons. The van der Waals surface area contributed by atoms with Crippen molar-refractivity contribution in [3.05, 3.63) is 100 Å². The highest BCUT2D eigenvalue weighted by atomic mass is 35.5. The number of benzene rings is 3. The Balaban J connectivity index is 1.62. The van der Waals surface area contributed by atoms with Crippen LogP contribution in [0.25, 0.3) is 0 Å². The van der Waals surface area contributed by atoms with Gasteiger partial charge in [-0.05, 0) is 49.2 Å². The Hall–Kier alpha value is -3.44. The average Bonchev–Trinajstić information content (AvgIpc) is 3.09. The first-order valence-electron chi connectivity index (χ1n) is 10.8. The second-order valence-electron chi connectivity index (χ2n) is 8.43. The lowest BCUT2D eigenvalue weighted by molar-refractivity contribution is -0.138. The molecule has 0 aliphatic carbocycles. The summed E-state index contributed by atoms with van der Waals surface area (Å²) < 4.78 is 0. The first-order chi connectivity index (χ1) is 15.8. The number of hydrogen-bond donors (Lipinski definition) is 0. The maximum absolute atomic E-state index is 13.4. The van der Waals surface area contributed by atoms with E-state index >= 15 is 0 Å². The fourth-order valence-electron chi connectivity index (χ4n) is 3.97. The largest absolute Gasteiger partial charge is 0.325 e. The van der Waals surface area contributed by atoms with E-state index in [4.69, 9.17) is 11.6 Å². The molecule has 3 aromatic carbocycles. The Morgan fingerprint density at radius 2 is 1.42 bits per heavy atom. The van der Waals surface area contributed by atoms with Crippen molar-refractivity contribution >= 4 is 35.0 Å². The zero-order valence-electron chi connectivity index (χ0n) is 18.6. The lowest BCUT2D eigenvalue weighted by Crippen LogP contribution is -2.45. The molecule has 6 heteroatoms. The summed E-state index contributed by atoms with van der Waals surface area (Å²) >= 11 is 5.97. The predicted octanol–water partition coefficient (Wildman–Crippen LogP) is 4.86. The van der Waals surface area contributed by atoms with Crippen LogP contribution in [-0.4, -0.2) is 28.7 Å². The van der Waals surface area contributed by atoms with Crippen molar-refractivity contribution in [2.24, 2.45) is 0 Å². The maximum Gasteiger partial charge on any atom is 0.257 e. The molecule has 0 aromatic heterocycles. The molecular formula is C27H25ClN2O3. The third-order valence-corrected chi connectivity index (χ3v) is 6.11. The first kappa shape index (κ1) is 22.7. The molecule has 0 bridgehead atoms. The van der Waals surface area contributed by atoms with Crippen LogP contribution >= 0.6 is 11.6 Å². The number of amides is 3. The van der Waals surface area contributed by atoms with Crippen LogP contribution in [0.4, 0.5) is 5.69 Å². The summed E-state index contributed by atoms with van der Waals surface area (Å²) in [5.74, 6) is -0.891. The zero-order valence-corrected chi connectivity index (χ0v) is 19.4. The summed E-state index contributed by atoms with van der Waals surface area (Å²) in [5, 5.41) is 0.591. The van der Waals surface area contributed by atoms with Crippen LogP contribution in [0.15, 0.2) is 72.8 Å². The minimum Gasteiger partial charge on any atom is -0.325 e. The van der Waals surface area contributed by atoms with Crippen LogP contribution in [0.3, 0.4) is 0 Å². The van der Waals surface area contributed by atoms with E-state index in [0.717, 1.165) is 22.3 Å². The van der Waals surface area contributed by atoms with Crippen molar-refractivity contribution in [2.45, 2.75) is 39.3 Å². The lowest BCUT2D eigenvalue weighted by Gasteiger charge is -2.28. The fourth-order valence-corrected chi connectivity index (χ4v) is 4.09. The van der Waals surface area contributed by atoms with Gasteiger partial charge in [0.2, 0.25) is 11.8 Å². The quantitative estimate of drug-likeness (QED) is 0.493. The van der Waals surface area contributed by atoms with Crippen LogP contribution in [0.2, 0.25) is 5.02 Å². The number of hydrogen-bond acceptors (Lipinski definition) is 3. The molecule has 168 valence electrons. The Morgan fingerprint density at radius 1 is 0.879 bits per heavy atom. The fraction of sp³-hybridized carbons (Fsp3) is 0.222. The van der Waals surface area contributed by atoms with Gasteiger partial charge < -0.3 is 4.90 Å². The molecular weight excluding hydrogens is 436 g/mol. The van der Waals surface area contributed by atoms with E-state index in [2.05, 4.69) is 0 Å². The zero-order chi connectivity index (χ0) is 23.5. The topological polar surface area (TPSA) is 57.7 Å². The normalized spacial score (nSPS) is 15.7. The Morgan fingerprint density at radius 3 is 2.03 bits per heavy atom. The Bertz CT molecular complexity index is 1170. The third kappa shape index (κ3) is 5.15. The molecule has 1 heterocycles.